The van der Waals surface area contributed by atoms with Crippen LogP contribution in [0.1, 0.15) is 18.7 Å². The van der Waals surface area contributed by atoms with Crippen molar-refractivity contribution in [2.75, 3.05) is 13.1 Å². The highest BCUT2D eigenvalue weighted by atomic mass is 32.1. The van der Waals surface area contributed by atoms with Crippen molar-refractivity contribution in [1.82, 2.24) is 9.88 Å². The van der Waals surface area contributed by atoms with Gasteiger partial charge < -0.3 is 9.72 Å². The van der Waals surface area contributed by atoms with E-state index in [0.717, 1.165) is 29.3 Å². The lowest BCUT2D eigenvalue weighted by molar-refractivity contribution is -0.384. The number of benzene rings is 1. The Morgan fingerprint density at radius 1 is 1.38 bits per heavy atom. The summed E-state index contributed by atoms with van der Waals surface area (Å²) in [6.45, 7) is 6.28. The fraction of sp³-hybridized carbons (Fsp3) is 0.438. The Labute approximate surface area is 143 Å². The number of thiazole rings is 1. The first-order valence-electron chi connectivity index (χ1n) is 7.77. The van der Waals surface area contributed by atoms with Crippen LogP contribution in [-0.2, 0) is 11.3 Å². The maximum absolute atomic E-state index is 11.9. The number of hydrogen-bond acceptors (Lipinski definition) is 6. The molecule has 0 spiro atoms. The number of non-ortho nitro benzene ring substituents is 1. The molecule has 2 aromatic rings. The number of aromatic amines is 1. The molecule has 1 N–H and O–H groups in total. The largest absolute Gasteiger partial charge is 0.373 e. The van der Waals surface area contributed by atoms with E-state index in [1.165, 1.54) is 12.1 Å². The van der Waals surface area contributed by atoms with Crippen LogP contribution in [0.5, 0.6) is 0 Å². The summed E-state index contributed by atoms with van der Waals surface area (Å²) < 4.78 is 5.73. The number of nitro benzene ring substituents is 1. The minimum atomic E-state index is -0.432. The first-order valence-corrected chi connectivity index (χ1v) is 8.58. The summed E-state index contributed by atoms with van der Waals surface area (Å²) in [6.07, 6.45) is 0.288. The van der Waals surface area contributed by atoms with E-state index in [9.17, 15) is 14.9 Å². The predicted octanol–water partition coefficient (Wildman–Crippen LogP) is 2.62. The number of morpholine rings is 1. The second-order valence-electron chi connectivity index (χ2n) is 6.07. The number of nitrogens with zero attached hydrogens (tertiary/aromatic N) is 2. The lowest BCUT2D eigenvalue weighted by Crippen LogP contribution is -2.44. The number of nitro groups is 1. The SMILES string of the molecule is CC1CN(Cc2sc(=O)[nH]c2-c2cccc([N+](=O)[O-])c2)CC(C)O1. The number of nitrogens with one attached hydrogen (secondary N) is 1. The average molecular weight is 349 g/mol. The van der Waals surface area contributed by atoms with Gasteiger partial charge in [-0.1, -0.05) is 23.5 Å². The van der Waals surface area contributed by atoms with Crippen LogP contribution < -0.4 is 4.87 Å². The lowest BCUT2D eigenvalue weighted by atomic mass is 10.1. The van der Waals surface area contributed by atoms with Gasteiger partial charge in [0.25, 0.3) is 5.69 Å². The van der Waals surface area contributed by atoms with E-state index in [-0.39, 0.29) is 22.8 Å². The van der Waals surface area contributed by atoms with E-state index in [1.54, 1.807) is 12.1 Å². The number of rotatable bonds is 4. The van der Waals surface area contributed by atoms with Gasteiger partial charge in [-0.3, -0.25) is 19.8 Å². The smallest absolute Gasteiger partial charge is 0.305 e. The quantitative estimate of drug-likeness (QED) is 0.677. The Kier molecular flexibility index (Phi) is 4.79. The van der Waals surface area contributed by atoms with E-state index >= 15 is 0 Å². The molecule has 24 heavy (non-hydrogen) atoms. The zero-order valence-corrected chi connectivity index (χ0v) is 14.3. The number of hydrogen-bond donors (Lipinski definition) is 1. The van der Waals surface area contributed by atoms with Gasteiger partial charge >= 0.3 is 4.87 Å². The van der Waals surface area contributed by atoms with Crippen LogP contribution in [0.3, 0.4) is 0 Å². The molecule has 2 atom stereocenters. The highest BCUT2D eigenvalue weighted by molar-refractivity contribution is 7.09. The topological polar surface area (TPSA) is 88.5 Å². The minimum absolute atomic E-state index is 0.0131. The molecule has 3 rings (SSSR count). The molecule has 0 saturated carbocycles. The molecule has 1 aliphatic rings. The maximum Gasteiger partial charge on any atom is 0.305 e. The Hall–Kier alpha value is -2.03. The van der Waals surface area contributed by atoms with Crippen molar-refractivity contribution in [2.45, 2.75) is 32.6 Å². The monoisotopic (exact) mass is 349 g/mol. The fourth-order valence-corrected chi connectivity index (χ4v) is 3.99. The van der Waals surface area contributed by atoms with Crippen molar-refractivity contribution >= 4 is 17.0 Å². The van der Waals surface area contributed by atoms with Crippen molar-refractivity contribution in [1.29, 1.82) is 0 Å². The summed E-state index contributed by atoms with van der Waals surface area (Å²) in [7, 11) is 0. The third-order valence-corrected chi connectivity index (χ3v) is 4.80. The van der Waals surface area contributed by atoms with Gasteiger partial charge in [0.15, 0.2) is 0 Å². The van der Waals surface area contributed by atoms with Crippen LogP contribution in [0.2, 0.25) is 0 Å². The Bertz CT molecular complexity index is 791. The molecule has 0 bridgehead atoms. The first-order chi connectivity index (χ1) is 11.4. The van der Waals surface area contributed by atoms with E-state index < -0.39 is 4.92 Å². The standard InChI is InChI=1S/C16H19N3O4S/c1-10-7-18(8-11(2)23-10)9-14-15(17-16(20)24-14)12-4-3-5-13(6-12)19(21)22/h3-6,10-11H,7-9H2,1-2H3,(H,17,20). The molecule has 1 aliphatic heterocycles. The molecule has 0 aliphatic carbocycles. The summed E-state index contributed by atoms with van der Waals surface area (Å²) in [6, 6.07) is 6.34. The van der Waals surface area contributed by atoms with Crippen LogP contribution in [0.15, 0.2) is 29.1 Å². The van der Waals surface area contributed by atoms with Gasteiger partial charge in [-0.05, 0) is 13.8 Å². The van der Waals surface area contributed by atoms with Crippen molar-refractivity contribution in [3.05, 3.63) is 48.9 Å². The molecule has 1 fully saturated rings. The molecule has 0 amide bonds. The third kappa shape index (κ3) is 3.72. The Morgan fingerprint density at radius 3 is 2.75 bits per heavy atom. The van der Waals surface area contributed by atoms with E-state index in [2.05, 4.69) is 9.88 Å². The fourth-order valence-electron chi connectivity index (χ4n) is 3.10. The number of H-pyrrole nitrogens is 1. The van der Waals surface area contributed by atoms with Crippen LogP contribution in [0, 0.1) is 10.1 Å². The van der Waals surface area contributed by atoms with Crippen molar-refractivity contribution in [3.8, 4) is 11.3 Å². The molecule has 1 saturated heterocycles. The second kappa shape index (κ2) is 6.84. The highest BCUT2D eigenvalue weighted by Crippen LogP contribution is 2.28. The van der Waals surface area contributed by atoms with E-state index in [0.29, 0.717) is 17.8 Å². The van der Waals surface area contributed by atoms with Crippen molar-refractivity contribution in [2.24, 2.45) is 0 Å². The van der Waals surface area contributed by atoms with Gasteiger partial charge in [-0.2, -0.15) is 0 Å². The van der Waals surface area contributed by atoms with Gasteiger partial charge in [0.05, 0.1) is 22.8 Å². The first kappa shape index (κ1) is 16.8. The summed E-state index contributed by atoms with van der Waals surface area (Å²) >= 11 is 1.16. The van der Waals surface area contributed by atoms with Crippen LogP contribution in [0.4, 0.5) is 5.69 Å². The summed E-state index contributed by atoms with van der Waals surface area (Å²) in [5.74, 6) is 0. The highest BCUT2D eigenvalue weighted by Gasteiger charge is 2.24. The van der Waals surface area contributed by atoms with Gasteiger partial charge in [0, 0.05) is 42.2 Å². The van der Waals surface area contributed by atoms with Gasteiger partial charge in [-0.25, -0.2) is 0 Å². The normalized spacial score (nSPS) is 21.8. The summed E-state index contributed by atoms with van der Waals surface area (Å²) in [5.41, 5.74) is 1.34. The molecule has 7 nitrogen and oxygen atoms in total. The molecular formula is C16H19N3O4S. The van der Waals surface area contributed by atoms with Gasteiger partial charge in [-0.15, -0.1) is 0 Å². The number of ether oxygens (including phenoxy) is 1. The van der Waals surface area contributed by atoms with Gasteiger partial charge in [0.1, 0.15) is 0 Å². The number of aromatic nitrogens is 1. The molecular weight excluding hydrogens is 330 g/mol. The molecule has 0 radical (unpaired) electrons. The predicted molar refractivity (Wildman–Crippen MR) is 92.3 cm³/mol. The zero-order chi connectivity index (χ0) is 17.3. The van der Waals surface area contributed by atoms with Crippen molar-refractivity contribution in [3.63, 3.8) is 0 Å². The molecule has 1 aromatic carbocycles. The van der Waals surface area contributed by atoms with Gasteiger partial charge in [0.2, 0.25) is 0 Å². The lowest BCUT2D eigenvalue weighted by Gasteiger charge is -2.35. The van der Waals surface area contributed by atoms with Crippen LogP contribution >= 0.6 is 11.3 Å². The Balaban J connectivity index is 1.89. The van der Waals surface area contributed by atoms with Crippen molar-refractivity contribution < 1.29 is 9.66 Å². The molecule has 2 heterocycles. The average Bonchev–Trinajstić information content (AvgIpc) is 2.87. The van der Waals surface area contributed by atoms with Crippen LogP contribution in [-0.4, -0.2) is 40.1 Å². The maximum atomic E-state index is 11.9. The summed E-state index contributed by atoms with van der Waals surface area (Å²) in [5, 5.41) is 11.0. The van der Waals surface area contributed by atoms with E-state index in [4.69, 9.17) is 4.74 Å². The van der Waals surface area contributed by atoms with Crippen LogP contribution in [0.25, 0.3) is 11.3 Å². The second-order valence-corrected chi connectivity index (χ2v) is 7.14. The summed E-state index contributed by atoms with van der Waals surface area (Å²) in [4.78, 5) is 28.2. The minimum Gasteiger partial charge on any atom is -0.373 e. The third-order valence-electron chi connectivity index (χ3n) is 3.93. The molecule has 8 heteroatoms. The molecule has 2 unspecified atom stereocenters. The molecule has 1 aromatic heterocycles. The molecule has 128 valence electrons. The zero-order valence-electron chi connectivity index (χ0n) is 13.5. The Morgan fingerprint density at radius 2 is 2.08 bits per heavy atom. The van der Waals surface area contributed by atoms with E-state index in [1.807, 2.05) is 13.8 Å².